The molecule has 0 fully saturated rings. The van der Waals surface area contributed by atoms with Crippen LogP contribution in [0.1, 0.15) is 44.6 Å². The Kier molecular flexibility index (Phi) is 4.43. The summed E-state index contributed by atoms with van der Waals surface area (Å²) >= 11 is 0. The predicted octanol–water partition coefficient (Wildman–Crippen LogP) is 4.39. The quantitative estimate of drug-likeness (QED) is 0.859. The van der Waals surface area contributed by atoms with E-state index in [2.05, 4.69) is 50.4 Å². The molecule has 0 aliphatic rings. The van der Waals surface area contributed by atoms with Crippen LogP contribution >= 0.6 is 0 Å². The summed E-state index contributed by atoms with van der Waals surface area (Å²) in [5.74, 6) is 0.972. The first-order chi connectivity index (χ1) is 9.06. The lowest BCUT2D eigenvalue weighted by atomic mass is 9.92. The van der Waals surface area contributed by atoms with E-state index in [9.17, 15) is 0 Å². The van der Waals surface area contributed by atoms with Gasteiger partial charge in [0, 0.05) is 0 Å². The lowest BCUT2D eigenvalue weighted by molar-refractivity contribution is 0.351. The number of benzene rings is 1. The Bertz CT molecular complexity index is 468. The molecule has 2 heteroatoms. The molecular formula is C17H23NO. The molecule has 0 spiro atoms. The van der Waals surface area contributed by atoms with Crippen molar-refractivity contribution in [3.63, 3.8) is 0 Å². The Balaban J connectivity index is 2.08. The maximum Gasteiger partial charge on any atom is 0.125 e. The van der Waals surface area contributed by atoms with E-state index >= 15 is 0 Å². The van der Waals surface area contributed by atoms with Gasteiger partial charge in [-0.15, -0.1) is 0 Å². The third-order valence-corrected chi connectivity index (χ3v) is 3.18. The van der Waals surface area contributed by atoms with Crippen LogP contribution in [0.5, 0.6) is 0 Å². The van der Waals surface area contributed by atoms with Crippen LogP contribution in [0.25, 0.3) is 0 Å². The number of furan rings is 1. The summed E-state index contributed by atoms with van der Waals surface area (Å²) in [7, 11) is 0. The number of nitrogens with one attached hydrogen (secondary N) is 1. The summed E-state index contributed by atoms with van der Waals surface area (Å²) in [6, 6.07) is 14.6. The highest BCUT2D eigenvalue weighted by atomic mass is 16.3. The summed E-state index contributed by atoms with van der Waals surface area (Å²) in [6.07, 6.45) is 2.87. The van der Waals surface area contributed by atoms with Crippen molar-refractivity contribution in [1.82, 2.24) is 5.32 Å². The zero-order chi connectivity index (χ0) is 13.7. The molecule has 19 heavy (non-hydrogen) atoms. The van der Waals surface area contributed by atoms with Gasteiger partial charge in [0.15, 0.2) is 0 Å². The zero-order valence-electron chi connectivity index (χ0n) is 12.0. The predicted molar refractivity (Wildman–Crippen MR) is 79.1 cm³/mol. The van der Waals surface area contributed by atoms with E-state index < -0.39 is 0 Å². The summed E-state index contributed by atoms with van der Waals surface area (Å²) in [5, 5.41) is 3.60. The Labute approximate surface area is 115 Å². The molecule has 0 bridgehead atoms. The molecule has 1 atom stereocenters. The Morgan fingerprint density at radius 3 is 2.37 bits per heavy atom. The van der Waals surface area contributed by atoms with Gasteiger partial charge < -0.3 is 9.73 Å². The molecule has 2 aromatic rings. The molecular weight excluding hydrogens is 234 g/mol. The molecule has 1 heterocycles. The number of hydrogen-bond acceptors (Lipinski definition) is 2. The van der Waals surface area contributed by atoms with Gasteiger partial charge in [-0.3, -0.25) is 0 Å². The fraction of sp³-hybridized carbons (Fsp3) is 0.412. The van der Waals surface area contributed by atoms with Gasteiger partial charge in [-0.05, 0) is 36.1 Å². The number of hydrogen-bond donors (Lipinski definition) is 1. The summed E-state index contributed by atoms with van der Waals surface area (Å²) in [4.78, 5) is 0. The van der Waals surface area contributed by atoms with Crippen molar-refractivity contribution >= 4 is 0 Å². The van der Waals surface area contributed by atoms with E-state index in [4.69, 9.17) is 4.42 Å². The van der Waals surface area contributed by atoms with Gasteiger partial charge >= 0.3 is 0 Å². The minimum atomic E-state index is 0.138. The van der Waals surface area contributed by atoms with Crippen LogP contribution in [0.3, 0.4) is 0 Å². The average molecular weight is 257 g/mol. The fourth-order valence-electron chi connectivity index (χ4n) is 2.08. The van der Waals surface area contributed by atoms with E-state index in [1.165, 1.54) is 5.56 Å². The second-order valence-electron chi connectivity index (χ2n) is 6.12. The lowest BCUT2D eigenvalue weighted by Crippen LogP contribution is -2.26. The van der Waals surface area contributed by atoms with E-state index in [1.807, 2.05) is 18.2 Å². The average Bonchev–Trinajstić information content (AvgIpc) is 2.88. The van der Waals surface area contributed by atoms with E-state index in [-0.39, 0.29) is 6.04 Å². The van der Waals surface area contributed by atoms with Crippen molar-refractivity contribution in [2.45, 2.75) is 33.2 Å². The van der Waals surface area contributed by atoms with Gasteiger partial charge in [-0.1, -0.05) is 51.1 Å². The normalized spacial score (nSPS) is 13.4. The molecule has 2 nitrogen and oxygen atoms in total. The molecule has 2 rings (SSSR count). The number of rotatable bonds is 5. The van der Waals surface area contributed by atoms with Gasteiger partial charge in [-0.2, -0.15) is 0 Å². The largest absolute Gasteiger partial charge is 0.467 e. The molecule has 0 saturated heterocycles. The smallest absolute Gasteiger partial charge is 0.125 e. The maximum absolute atomic E-state index is 5.57. The van der Waals surface area contributed by atoms with Crippen molar-refractivity contribution in [2.24, 2.45) is 5.41 Å². The Hall–Kier alpha value is -1.54. The van der Waals surface area contributed by atoms with Crippen LogP contribution in [-0.2, 0) is 0 Å². The van der Waals surface area contributed by atoms with Crippen LogP contribution < -0.4 is 5.32 Å². The van der Waals surface area contributed by atoms with Gasteiger partial charge in [0.25, 0.3) is 0 Å². The standard InChI is InChI=1S/C17H23NO/c1-17(2,3)11-12-18-16(15-10-7-13-19-15)14-8-5-4-6-9-14/h4-10,13,16,18H,11-12H2,1-3H3. The minimum absolute atomic E-state index is 0.138. The monoisotopic (exact) mass is 257 g/mol. The van der Waals surface area contributed by atoms with Gasteiger partial charge in [0.05, 0.1) is 12.3 Å². The molecule has 0 saturated carbocycles. The van der Waals surface area contributed by atoms with Crippen molar-refractivity contribution in [3.8, 4) is 0 Å². The van der Waals surface area contributed by atoms with Gasteiger partial charge in [0.1, 0.15) is 5.76 Å². The topological polar surface area (TPSA) is 25.2 Å². The van der Waals surface area contributed by atoms with Crippen LogP contribution in [0.4, 0.5) is 0 Å². The highest BCUT2D eigenvalue weighted by Gasteiger charge is 2.17. The second-order valence-corrected chi connectivity index (χ2v) is 6.12. The first-order valence-electron chi connectivity index (χ1n) is 6.88. The molecule has 0 aliphatic heterocycles. The van der Waals surface area contributed by atoms with Crippen molar-refractivity contribution in [1.29, 1.82) is 0 Å². The highest BCUT2D eigenvalue weighted by molar-refractivity contribution is 5.26. The molecule has 0 amide bonds. The minimum Gasteiger partial charge on any atom is -0.467 e. The SMILES string of the molecule is CC(C)(C)CCNC(c1ccccc1)c1ccco1. The summed E-state index contributed by atoms with van der Waals surface area (Å²) in [6.45, 7) is 7.76. The summed E-state index contributed by atoms with van der Waals surface area (Å²) < 4.78 is 5.57. The molecule has 1 aromatic heterocycles. The van der Waals surface area contributed by atoms with Crippen LogP contribution in [0.2, 0.25) is 0 Å². The second kappa shape index (κ2) is 6.07. The maximum atomic E-state index is 5.57. The highest BCUT2D eigenvalue weighted by Crippen LogP contribution is 2.23. The Morgan fingerprint density at radius 1 is 1.05 bits per heavy atom. The van der Waals surface area contributed by atoms with Crippen molar-refractivity contribution < 1.29 is 4.42 Å². The van der Waals surface area contributed by atoms with Crippen molar-refractivity contribution in [3.05, 3.63) is 60.1 Å². The first-order valence-corrected chi connectivity index (χ1v) is 6.88. The van der Waals surface area contributed by atoms with Crippen molar-refractivity contribution in [2.75, 3.05) is 6.54 Å². The lowest BCUT2D eigenvalue weighted by Gasteiger charge is -2.22. The third kappa shape index (κ3) is 4.25. The van der Waals surface area contributed by atoms with Crippen LogP contribution in [-0.4, -0.2) is 6.54 Å². The van der Waals surface area contributed by atoms with Crippen LogP contribution in [0.15, 0.2) is 53.1 Å². The zero-order valence-corrected chi connectivity index (χ0v) is 12.0. The molecule has 0 radical (unpaired) electrons. The fourth-order valence-corrected chi connectivity index (χ4v) is 2.08. The molecule has 1 N–H and O–H groups in total. The molecule has 102 valence electrons. The van der Waals surface area contributed by atoms with E-state index in [0.717, 1.165) is 18.7 Å². The molecule has 0 aliphatic carbocycles. The van der Waals surface area contributed by atoms with Gasteiger partial charge in [-0.25, -0.2) is 0 Å². The first kappa shape index (κ1) is 13.9. The van der Waals surface area contributed by atoms with E-state index in [0.29, 0.717) is 5.41 Å². The molecule has 1 aromatic carbocycles. The van der Waals surface area contributed by atoms with E-state index in [1.54, 1.807) is 6.26 Å². The van der Waals surface area contributed by atoms with Crippen LogP contribution in [0, 0.1) is 5.41 Å². The molecule has 1 unspecified atom stereocenters. The summed E-state index contributed by atoms with van der Waals surface area (Å²) in [5.41, 5.74) is 1.59. The Morgan fingerprint density at radius 2 is 1.79 bits per heavy atom. The third-order valence-electron chi connectivity index (χ3n) is 3.18. The van der Waals surface area contributed by atoms with Gasteiger partial charge in [0.2, 0.25) is 0 Å².